The molecule has 0 aliphatic carbocycles. The number of ether oxygens (including phenoxy) is 1. The van der Waals surface area contributed by atoms with E-state index < -0.39 is 45.8 Å². The summed E-state index contributed by atoms with van der Waals surface area (Å²) in [6, 6.07) is 2.24. The van der Waals surface area contributed by atoms with Crippen molar-refractivity contribution in [3.05, 3.63) is 29.3 Å². The zero-order valence-electron chi connectivity index (χ0n) is 11.5. The molecule has 1 rings (SSSR count). The highest BCUT2D eigenvalue weighted by atomic mass is 32.2. The first kappa shape index (κ1) is 18.2. The van der Waals surface area contributed by atoms with Gasteiger partial charge in [0, 0.05) is 6.61 Å². The number of carbonyl (C=O) groups excluding carboxylic acids is 1. The third kappa shape index (κ3) is 4.88. The molecule has 0 spiro atoms. The van der Waals surface area contributed by atoms with E-state index >= 15 is 0 Å². The Balaban J connectivity index is 3.26. The summed E-state index contributed by atoms with van der Waals surface area (Å²) in [4.78, 5) is 11.4. The summed E-state index contributed by atoms with van der Waals surface area (Å²) in [5, 5.41) is 8.59. The second kappa shape index (κ2) is 6.97. The van der Waals surface area contributed by atoms with Crippen molar-refractivity contribution in [2.45, 2.75) is 12.6 Å². The maximum absolute atomic E-state index is 12.9. The molecule has 0 bridgehead atoms. The van der Waals surface area contributed by atoms with E-state index in [0.29, 0.717) is 6.07 Å². The molecule has 0 saturated heterocycles. The van der Waals surface area contributed by atoms with Crippen LogP contribution in [0.5, 0.6) is 0 Å². The number of aliphatic hydroxyl groups excluding tert-OH is 1. The van der Waals surface area contributed by atoms with Crippen LogP contribution in [-0.2, 0) is 20.9 Å². The van der Waals surface area contributed by atoms with Gasteiger partial charge in [-0.3, -0.25) is 4.72 Å². The van der Waals surface area contributed by atoms with Crippen molar-refractivity contribution in [3.63, 3.8) is 0 Å². The molecule has 1 aromatic carbocycles. The number of anilines is 1. The first-order valence-corrected chi connectivity index (χ1v) is 7.67. The quantitative estimate of drug-likeness (QED) is 0.767. The molecule has 0 unspecified atom stereocenters. The van der Waals surface area contributed by atoms with E-state index in [2.05, 4.69) is 4.74 Å². The molecule has 0 saturated carbocycles. The van der Waals surface area contributed by atoms with Crippen molar-refractivity contribution >= 4 is 21.7 Å². The highest BCUT2D eigenvalue weighted by Crippen LogP contribution is 2.36. The van der Waals surface area contributed by atoms with E-state index in [9.17, 15) is 26.4 Å². The van der Waals surface area contributed by atoms with Gasteiger partial charge in [-0.1, -0.05) is 0 Å². The number of carbonyl (C=O) groups is 1. The standard InChI is InChI=1S/C12H14F3NO5S/c1-21-11(18)8-3-4-9(12(13,14)15)10(7-8)16-22(19,20)6-2-5-17/h3-4,7,16-17H,2,5-6H2,1H3. The van der Waals surface area contributed by atoms with E-state index in [-0.39, 0.29) is 12.0 Å². The summed E-state index contributed by atoms with van der Waals surface area (Å²) in [6.07, 6.45) is -4.93. The van der Waals surface area contributed by atoms with Crippen molar-refractivity contribution in [2.24, 2.45) is 0 Å². The van der Waals surface area contributed by atoms with Gasteiger partial charge in [0.1, 0.15) is 0 Å². The van der Waals surface area contributed by atoms with Gasteiger partial charge in [0.25, 0.3) is 0 Å². The van der Waals surface area contributed by atoms with Crippen LogP contribution in [0.2, 0.25) is 0 Å². The Kier molecular flexibility index (Phi) is 5.78. The molecule has 0 aliphatic heterocycles. The van der Waals surface area contributed by atoms with Gasteiger partial charge in [0.15, 0.2) is 0 Å². The molecule has 0 atom stereocenters. The number of rotatable bonds is 6. The number of sulfonamides is 1. The van der Waals surface area contributed by atoms with Crippen LogP contribution in [0.4, 0.5) is 18.9 Å². The summed E-state index contributed by atoms with van der Waals surface area (Å²) in [7, 11) is -3.04. The highest BCUT2D eigenvalue weighted by molar-refractivity contribution is 7.92. The van der Waals surface area contributed by atoms with Gasteiger partial charge in [-0.05, 0) is 24.6 Å². The fraction of sp³-hybridized carbons (Fsp3) is 0.417. The maximum Gasteiger partial charge on any atom is 0.418 e. The maximum atomic E-state index is 12.9. The predicted molar refractivity (Wildman–Crippen MR) is 71.9 cm³/mol. The Labute approximate surface area is 124 Å². The molecule has 0 heterocycles. The number of halogens is 3. The second-order valence-electron chi connectivity index (χ2n) is 4.25. The Bertz CT molecular complexity index is 643. The predicted octanol–water partition coefficient (Wildman–Crippen LogP) is 1.62. The topological polar surface area (TPSA) is 92.7 Å². The summed E-state index contributed by atoms with van der Waals surface area (Å²) in [5.41, 5.74) is -2.23. The Hall–Kier alpha value is -1.81. The smallest absolute Gasteiger partial charge is 0.418 e. The molecule has 0 radical (unpaired) electrons. The van der Waals surface area contributed by atoms with Crippen molar-refractivity contribution in [1.82, 2.24) is 0 Å². The van der Waals surface area contributed by atoms with Crippen LogP contribution >= 0.6 is 0 Å². The fourth-order valence-corrected chi connectivity index (χ4v) is 2.71. The summed E-state index contributed by atoms with van der Waals surface area (Å²) in [6.45, 7) is -0.421. The van der Waals surface area contributed by atoms with Crippen molar-refractivity contribution < 1.29 is 36.2 Å². The molecule has 1 aromatic rings. The minimum atomic E-state index is -4.80. The number of aliphatic hydroxyl groups is 1. The van der Waals surface area contributed by atoms with Crippen LogP contribution in [0, 0.1) is 0 Å². The highest BCUT2D eigenvalue weighted by Gasteiger charge is 2.35. The van der Waals surface area contributed by atoms with Gasteiger partial charge >= 0.3 is 12.1 Å². The number of benzene rings is 1. The Morgan fingerprint density at radius 1 is 1.36 bits per heavy atom. The molecular weight excluding hydrogens is 327 g/mol. The zero-order valence-corrected chi connectivity index (χ0v) is 12.3. The van der Waals surface area contributed by atoms with Crippen LogP contribution in [0.3, 0.4) is 0 Å². The van der Waals surface area contributed by atoms with Crippen LogP contribution in [-0.4, -0.2) is 39.0 Å². The third-order valence-corrected chi connectivity index (χ3v) is 3.94. The summed E-state index contributed by atoms with van der Waals surface area (Å²) >= 11 is 0. The number of methoxy groups -OCH3 is 1. The van der Waals surface area contributed by atoms with Crippen molar-refractivity contribution in [2.75, 3.05) is 24.2 Å². The lowest BCUT2D eigenvalue weighted by Crippen LogP contribution is -2.21. The van der Waals surface area contributed by atoms with E-state index in [1.807, 2.05) is 0 Å². The van der Waals surface area contributed by atoms with Gasteiger partial charge in [-0.2, -0.15) is 13.2 Å². The first-order valence-electron chi connectivity index (χ1n) is 6.01. The molecule has 0 amide bonds. The van der Waals surface area contributed by atoms with Gasteiger partial charge in [0.05, 0.1) is 29.7 Å². The zero-order chi connectivity index (χ0) is 17.0. The van der Waals surface area contributed by atoms with E-state index in [1.165, 1.54) is 0 Å². The molecule has 6 nitrogen and oxygen atoms in total. The number of hydrogen-bond acceptors (Lipinski definition) is 5. The lowest BCUT2D eigenvalue weighted by Gasteiger charge is -2.15. The van der Waals surface area contributed by atoms with Gasteiger partial charge in [0.2, 0.25) is 10.0 Å². The normalized spacial score (nSPS) is 12.0. The van der Waals surface area contributed by atoms with Crippen LogP contribution in [0.15, 0.2) is 18.2 Å². The Morgan fingerprint density at radius 2 is 2.00 bits per heavy atom. The lowest BCUT2D eigenvalue weighted by atomic mass is 10.1. The largest absolute Gasteiger partial charge is 0.465 e. The molecule has 2 N–H and O–H groups in total. The molecule has 0 aromatic heterocycles. The monoisotopic (exact) mass is 341 g/mol. The first-order chi connectivity index (χ1) is 10.1. The van der Waals surface area contributed by atoms with Crippen LogP contribution in [0.1, 0.15) is 22.3 Å². The molecule has 0 aliphatic rings. The average molecular weight is 341 g/mol. The average Bonchev–Trinajstić information content (AvgIpc) is 2.42. The van der Waals surface area contributed by atoms with Crippen LogP contribution in [0.25, 0.3) is 0 Å². The lowest BCUT2D eigenvalue weighted by molar-refractivity contribution is -0.136. The van der Waals surface area contributed by atoms with E-state index in [0.717, 1.165) is 19.2 Å². The molecule has 124 valence electrons. The Morgan fingerprint density at radius 3 is 2.50 bits per heavy atom. The number of hydrogen-bond donors (Lipinski definition) is 2. The second-order valence-corrected chi connectivity index (χ2v) is 6.09. The number of alkyl halides is 3. The van der Waals surface area contributed by atoms with E-state index in [1.54, 1.807) is 4.72 Å². The summed E-state index contributed by atoms with van der Waals surface area (Å²) < 4.78 is 68.2. The van der Waals surface area contributed by atoms with E-state index in [4.69, 9.17) is 5.11 Å². The molecule has 0 fully saturated rings. The minimum absolute atomic E-state index is 0.132. The molecular formula is C12H14F3NO5S. The fourth-order valence-electron chi connectivity index (χ4n) is 1.59. The SMILES string of the molecule is COC(=O)c1ccc(C(F)(F)F)c(NS(=O)(=O)CCCO)c1. The van der Waals surface area contributed by atoms with Gasteiger partial charge in [-0.15, -0.1) is 0 Å². The number of esters is 1. The van der Waals surface area contributed by atoms with Crippen molar-refractivity contribution in [1.29, 1.82) is 0 Å². The van der Waals surface area contributed by atoms with Crippen molar-refractivity contribution in [3.8, 4) is 0 Å². The van der Waals surface area contributed by atoms with Gasteiger partial charge in [-0.25, -0.2) is 13.2 Å². The minimum Gasteiger partial charge on any atom is -0.465 e. The van der Waals surface area contributed by atoms with Gasteiger partial charge < -0.3 is 9.84 Å². The third-order valence-electron chi connectivity index (χ3n) is 2.58. The molecule has 22 heavy (non-hydrogen) atoms. The molecule has 10 heteroatoms. The van der Waals surface area contributed by atoms with Crippen LogP contribution < -0.4 is 4.72 Å². The number of nitrogens with one attached hydrogen (secondary N) is 1. The summed E-state index contributed by atoms with van der Waals surface area (Å²) in [5.74, 6) is -1.45.